The predicted octanol–water partition coefficient (Wildman–Crippen LogP) is 0.531. The first-order chi connectivity index (χ1) is 8.45. The molecule has 2 rings (SSSR count). The Hall–Kier alpha value is -1.14. The molecule has 0 aromatic rings. The fraction of sp³-hybridized carbons (Fsp3) is 0.833. The lowest BCUT2D eigenvalue weighted by atomic mass is 9.84. The lowest BCUT2D eigenvalue weighted by molar-refractivity contribution is -0.225. The van der Waals surface area contributed by atoms with Crippen LogP contribution in [0.1, 0.15) is 51.4 Å². The van der Waals surface area contributed by atoms with Crippen LogP contribution in [0.2, 0.25) is 0 Å². The zero-order valence-corrected chi connectivity index (χ0v) is 10.4. The highest BCUT2D eigenvalue weighted by atomic mass is 16.6. The molecular weight excluding hydrogens is 236 g/mol. The predicted molar refractivity (Wildman–Crippen MR) is 63.0 cm³/mol. The van der Waals surface area contributed by atoms with E-state index in [-0.39, 0.29) is 24.8 Å². The van der Waals surface area contributed by atoms with Gasteiger partial charge in [0.05, 0.1) is 0 Å². The van der Waals surface area contributed by atoms with Crippen molar-refractivity contribution in [2.24, 2.45) is 11.5 Å². The Balaban J connectivity index is 2.25. The van der Waals surface area contributed by atoms with Crippen molar-refractivity contribution < 1.29 is 19.1 Å². The molecule has 2 atom stereocenters. The van der Waals surface area contributed by atoms with Gasteiger partial charge in [0.1, 0.15) is 0 Å². The van der Waals surface area contributed by atoms with Gasteiger partial charge < -0.3 is 9.47 Å². The summed E-state index contributed by atoms with van der Waals surface area (Å²) in [5.41, 5.74) is 9.40. The van der Waals surface area contributed by atoms with Gasteiger partial charge in [0, 0.05) is 25.7 Å². The van der Waals surface area contributed by atoms with Gasteiger partial charge in [0.2, 0.25) is 11.4 Å². The van der Waals surface area contributed by atoms with E-state index < -0.39 is 11.4 Å². The second-order valence-corrected chi connectivity index (χ2v) is 5.14. The molecule has 18 heavy (non-hydrogen) atoms. The molecule has 2 aliphatic rings. The molecule has 0 amide bonds. The summed E-state index contributed by atoms with van der Waals surface area (Å²) in [6.45, 7) is 0. The van der Waals surface area contributed by atoms with Crippen molar-refractivity contribution in [3.05, 3.63) is 0 Å². The fourth-order valence-corrected chi connectivity index (χ4v) is 2.52. The maximum Gasteiger partial charge on any atom is 0.307 e. The summed E-state index contributed by atoms with van der Waals surface area (Å²) < 4.78 is 10.6. The number of fused-ring (bicyclic) bond motifs is 1. The van der Waals surface area contributed by atoms with Crippen LogP contribution in [0.5, 0.6) is 0 Å². The minimum Gasteiger partial charge on any atom is -0.438 e. The second-order valence-electron chi connectivity index (χ2n) is 5.14. The smallest absolute Gasteiger partial charge is 0.307 e. The number of rotatable bonds is 0. The molecule has 0 radical (unpaired) electrons. The van der Waals surface area contributed by atoms with E-state index in [0.717, 1.165) is 12.8 Å². The second kappa shape index (κ2) is 4.85. The van der Waals surface area contributed by atoms with E-state index in [4.69, 9.17) is 20.9 Å². The minimum absolute atomic E-state index is 0.266. The Morgan fingerprint density at radius 3 is 1.56 bits per heavy atom. The Labute approximate surface area is 106 Å². The molecule has 0 spiro atoms. The number of hydrogen-bond acceptors (Lipinski definition) is 6. The molecule has 1 heterocycles. The van der Waals surface area contributed by atoms with Crippen LogP contribution in [0, 0.1) is 0 Å². The third-order valence-electron chi connectivity index (χ3n) is 3.67. The summed E-state index contributed by atoms with van der Waals surface area (Å²) in [4.78, 5) is 23.4. The molecule has 2 fully saturated rings. The number of nitrogens with two attached hydrogens (primary N) is 2. The number of carbonyl (C=O) groups excluding carboxylic acids is 2. The Bertz CT molecular complexity index is 326. The van der Waals surface area contributed by atoms with Crippen LogP contribution in [0.15, 0.2) is 0 Å². The monoisotopic (exact) mass is 256 g/mol. The maximum atomic E-state index is 11.7. The van der Waals surface area contributed by atoms with Crippen molar-refractivity contribution in [2.45, 2.75) is 62.8 Å². The van der Waals surface area contributed by atoms with E-state index in [0.29, 0.717) is 25.7 Å². The minimum atomic E-state index is -1.39. The van der Waals surface area contributed by atoms with E-state index in [1.165, 1.54) is 0 Å². The van der Waals surface area contributed by atoms with Crippen LogP contribution in [-0.4, -0.2) is 23.4 Å². The van der Waals surface area contributed by atoms with Crippen molar-refractivity contribution in [1.82, 2.24) is 0 Å². The van der Waals surface area contributed by atoms with Gasteiger partial charge in [-0.2, -0.15) is 0 Å². The molecule has 0 aromatic carbocycles. The van der Waals surface area contributed by atoms with Gasteiger partial charge in [0.25, 0.3) is 0 Å². The molecular formula is C12H20N2O4. The highest BCUT2D eigenvalue weighted by Gasteiger charge is 2.54. The molecule has 6 heteroatoms. The first-order valence-electron chi connectivity index (χ1n) is 6.47. The van der Waals surface area contributed by atoms with Gasteiger partial charge in [-0.3, -0.25) is 21.1 Å². The van der Waals surface area contributed by atoms with Crippen LogP contribution in [0.4, 0.5) is 0 Å². The van der Waals surface area contributed by atoms with Crippen molar-refractivity contribution in [3.8, 4) is 0 Å². The zero-order valence-electron chi connectivity index (χ0n) is 10.4. The summed E-state index contributed by atoms with van der Waals surface area (Å²) >= 11 is 0. The molecule has 0 aromatic heterocycles. The molecule has 4 N–H and O–H groups in total. The molecule has 6 nitrogen and oxygen atoms in total. The van der Waals surface area contributed by atoms with Gasteiger partial charge in [-0.1, -0.05) is 0 Å². The SMILES string of the molecule is NC12CCCCC1(N)OC(=O)CCCCC(=O)O2. The fourth-order valence-electron chi connectivity index (χ4n) is 2.52. The van der Waals surface area contributed by atoms with Gasteiger partial charge in [-0.05, 0) is 25.7 Å². The highest BCUT2D eigenvalue weighted by Crippen LogP contribution is 2.37. The molecule has 1 aliphatic heterocycles. The van der Waals surface area contributed by atoms with Crippen LogP contribution >= 0.6 is 0 Å². The summed E-state index contributed by atoms with van der Waals surface area (Å²) in [5.74, 6) is -0.737. The van der Waals surface area contributed by atoms with E-state index in [1.807, 2.05) is 0 Å². The number of carbonyl (C=O) groups is 2. The average molecular weight is 256 g/mol. The number of hydrogen-bond donors (Lipinski definition) is 2. The molecule has 1 saturated heterocycles. The third kappa shape index (κ3) is 2.49. The Morgan fingerprint density at radius 1 is 0.778 bits per heavy atom. The molecule has 1 saturated carbocycles. The van der Waals surface area contributed by atoms with Gasteiger partial charge in [-0.15, -0.1) is 0 Å². The largest absolute Gasteiger partial charge is 0.438 e. The van der Waals surface area contributed by atoms with Gasteiger partial charge >= 0.3 is 11.9 Å². The van der Waals surface area contributed by atoms with Crippen molar-refractivity contribution in [3.63, 3.8) is 0 Å². The number of esters is 2. The molecule has 2 unspecified atom stereocenters. The zero-order chi connectivity index (χ0) is 13.2. The molecule has 0 bridgehead atoms. The summed E-state index contributed by atoms with van der Waals surface area (Å²) in [6.07, 6.45) is 4.18. The van der Waals surface area contributed by atoms with E-state index in [1.54, 1.807) is 0 Å². The Morgan fingerprint density at radius 2 is 1.17 bits per heavy atom. The normalized spacial score (nSPS) is 38.3. The van der Waals surface area contributed by atoms with Crippen molar-refractivity contribution in [1.29, 1.82) is 0 Å². The first kappa shape index (κ1) is 13.3. The topological polar surface area (TPSA) is 105 Å². The lowest BCUT2D eigenvalue weighted by Gasteiger charge is -2.46. The summed E-state index contributed by atoms with van der Waals surface area (Å²) in [6, 6.07) is 0. The van der Waals surface area contributed by atoms with Crippen LogP contribution in [-0.2, 0) is 19.1 Å². The number of ether oxygens (including phenoxy) is 2. The van der Waals surface area contributed by atoms with E-state index in [9.17, 15) is 9.59 Å². The first-order valence-corrected chi connectivity index (χ1v) is 6.47. The average Bonchev–Trinajstić information content (AvgIpc) is 2.28. The maximum absolute atomic E-state index is 11.7. The molecule has 1 aliphatic carbocycles. The van der Waals surface area contributed by atoms with E-state index >= 15 is 0 Å². The van der Waals surface area contributed by atoms with Crippen molar-refractivity contribution in [2.75, 3.05) is 0 Å². The molecule has 102 valence electrons. The van der Waals surface area contributed by atoms with Crippen molar-refractivity contribution >= 4 is 11.9 Å². The summed E-state index contributed by atoms with van der Waals surface area (Å²) in [7, 11) is 0. The van der Waals surface area contributed by atoms with Gasteiger partial charge in [0.15, 0.2) is 0 Å². The quantitative estimate of drug-likeness (QED) is 0.612. The Kier molecular flexibility index (Phi) is 3.59. The van der Waals surface area contributed by atoms with Crippen LogP contribution in [0.25, 0.3) is 0 Å². The van der Waals surface area contributed by atoms with E-state index in [2.05, 4.69) is 0 Å². The van der Waals surface area contributed by atoms with Crippen LogP contribution < -0.4 is 11.5 Å². The standard InChI is InChI=1S/C12H20N2O4/c13-11-7-3-4-8-12(11,14)18-10(16)6-2-1-5-9(15)17-11/h1-8,13-14H2. The summed E-state index contributed by atoms with van der Waals surface area (Å²) in [5, 5.41) is 0. The van der Waals surface area contributed by atoms with Crippen LogP contribution in [0.3, 0.4) is 0 Å². The van der Waals surface area contributed by atoms with Gasteiger partial charge in [-0.25, -0.2) is 0 Å². The lowest BCUT2D eigenvalue weighted by Crippen LogP contribution is -2.71. The third-order valence-corrected chi connectivity index (χ3v) is 3.67. The highest BCUT2D eigenvalue weighted by molar-refractivity contribution is 5.72.